The Hall–Kier alpha value is -3.80. The van der Waals surface area contributed by atoms with E-state index in [0.29, 0.717) is 12.4 Å². The van der Waals surface area contributed by atoms with Crippen molar-refractivity contribution in [3.63, 3.8) is 0 Å². The van der Waals surface area contributed by atoms with Crippen LogP contribution in [0, 0.1) is 0 Å². The number of hydrogen-bond acceptors (Lipinski definition) is 5. The molecule has 1 unspecified atom stereocenters. The number of ether oxygens (including phenoxy) is 3. The molecule has 0 aliphatic heterocycles. The summed E-state index contributed by atoms with van der Waals surface area (Å²) >= 11 is 0. The van der Waals surface area contributed by atoms with E-state index in [0.717, 1.165) is 16.7 Å². The Labute approximate surface area is 200 Å². The van der Waals surface area contributed by atoms with Gasteiger partial charge in [0, 0.05) is 6.42 Å². The topological polar surface area (TPSA) is 73.9 Å². The molecule has 3 aromatic rings. The zero-order chi connectivity index (χ0) is 24.4. The number of benzene rings is 3. The minimum Gasteiger partial charge on any atom is -0.489 e. The molecule has 0 heterocycles. The largest absolute Gasteiger partial charge is 0.489 e. The van der Waals surface area contributed by atoms with Crippen LogP contribution in [0.3, 0.4) is 0 Å². The van der Waals surface area contributed by atoms with Gasteiger partial charge in [0.1, 0.15) is 30.6 Å². The summed E-state index contributed by atoms with van der Waals surface area (Å²) in [6.07, 6.45) is -0.444. The van der Waals surface area contributed by atoms with E-state index in [4.69, 9.17) is 14.2 Å². The third-order valence-electron chi connectivity index (χ3n) is 4.79. The van der Waals surface area contributed by atoms with Gasteiger partial charge >= 0.3 is 12.1 Å². The molecular weight excluding hydrogens is 430 g/mol. The maximum Gasteiger partial charge on any atom is 0.408 e. The highest BCUT2D eigenvalue weighted by Gasteiger charge is 2.26. The fourth-order valence-corrected chi connectivity index (χ4v) is 3.21. The molecular formula is C28H31NO5. The molecule has 0 aliphatic carbocycles. The Kier molecular flexibility index (Phi) is 8.68. The maximum atomic E-state index is 12.9. The van der Waals surface area contributed by atoms with Crippen LogP contribution < -0.4 is 10.1 Å². The van der Waals surface area contributed by atoms with Gasteiger partial charge in [-0.2, -0.15) is 0 Å². The summed E-state index contributed by atoms with van der Waals surface area (Å²) in [5.74, 6) is 0.139. The third-order valence-corrected chi connectivity index (χ3v) is 4.79. The van der Waals surface area contributed by atoms with Crippen molar-refractivity contribution in [3.8, 4) is 5.75 Å². The fourth-order valence-electron chi connectivity index (χ4n) is 3.21. The van der Waals surface area contributed by atoms with Crippen molar-refractivity contribution >= 4 is 12.1 Å². The van der Waals surface area contributed by atoms with Crippen LogP contribution in [-0.2, 0) is 33.9 Å². The Bertz CT molecular complexity index is 1060. The van der Waals surface area contributed by atoms with E-state index in [-0.39, 0.29) is 13.0 Å². The molecule has 0 saturated carbocycles. The van der Waals surface area contributed by atoms with E-state index < -0.39 is 23.7 Å². The Morgan fingerprint density at radius 3 is 2.00 bits per heavy atom. The lowest BCUT2D eigenvalue weighted by molar-refractivity contribution is -0.147. The minimum atomic E-state index is -0.914. The van der Waals surface area contributed by atoms with Crippen molar-refractivity contribution in [1.29, 1.82) is 0 Å². The van der Waals surface area contributed by atoms with Crippen molar-refractivity contribution < 1.29 is 23.8 Å². The zero-order valence-corrected chi connectivity index (χ0v) is 19.8. The smallest absolute Gasteiger partial charge is 0.408 e. The normalized spacial score (nSPS) is 11.9. The van der Waals surface area contributed by atoms with Crippen LogP contribution in [0.2, 0.25) is 0 Å². The van der Waals surface area contributed by atoms with Crippen molar-refractivity contribution in [2.75, 3.05) is 0 Å². The van der Waals surface area contributed by atoms with Gasteiger partial charge in [-0.25, -0.2) is 9.59 Å². The summed E-state index contributed by atoms with van der Waals surface area (Å²) in [7, 11) is 0. The molecule has 0 bridgehead atoms. The van der Waals surface area contributed by atoms with Crippen LogP contribution in [0.5, 0.6) is 5.75 Å². The molecule has 3 aromatic carbocycles. The molecule has 1 amide bonds. The van der Waals surface area contributed by atoms with E-state index >= 15 is 0 Å². The SMILES string of the molecule is CC(C)(C)OC(=O)NC(Cc1cccc(OCc2ccccc2)c1)C(=O)OCc1ccccc1. The molecule has 178 valence electrons. The number of hydrogen-bond donors (Lipinski definition) is 1. The second-order valence-electron chi connectivity index (χ2n) is 8.92. The van der Waals surface area contributed by atoms with Gasteiger partial charge in [-0.3, -0.25) is 0 Å². The van der Waals surface area contributed by atoms with E-state index in [1.807, 2.05) is 84.9 Å². The molecule has 6 heteroatoms. The van der Waals surface area contributed by atoms with Crippen molar-refractivity contribution in [3.05, 3.63) is 102 Å². The van der Waals surface area contributed by atoms with Gasteiger partial charge in [0.15, 0.2) is 0 Å². The number of carbonyl (C=O) groups is 2. The lowest BCUT2D eigenvalue weighted by Gasteiger charge is -2.23. The lowest BCUT2D eigenvalue weighted by Crippen LogP contribution is -2.45. The molecule has 0 aliphatic rings. The predicted molar refractivity (Wildman–Crippen MR) is 130 cm³/mol. The van der Waals surface area contributed by atoms with E-state index in [1.165, 1.54) is 0 Å². The number of esters is 1. The summed E-state index contributed by atoms with van der Waals surface area (Å²) in [6, 6.07) is 25.8. The first-order valence-corrected chi connectivity index (χ1v) is 11.2. The van der Waals surface area contributed by atoms with Crippen LogP contribution in [0.1, 0.15) is 37.5 Å². The standard InChI is InChI=1S/C28H31NO5/c1-28(2,3)34-27(31)29-25(26(30)33-20-22-13-8-5-9-14-22)18-23-15-10-16-24(17-23)32-19-21-11-6-4-7-12-21/h4-17,25H,18-20H2,1-3H3,(H,29,31). The van der Waals surface area contributed by atoms with Crippen molar-refractivity contribution in [2.24, 2.45) is 0 Å². The lowest BCUT2D eigenvalue weighted by atomic mass is 10.1. The number of rotatable bonds is 9. The zero-order valence-electron chi connectivity index (χ0n) is 19.8. The predicted octanol–water partition coefficient (Wildman–Crippen LogP) is 5.44. The number of carbonyl (C=O) groups excluding carboxylic acids is 2. The molecule has 0 fully saturated rings. The van der Waals surface area contributed by atoms with E-state index in [1.54, 1.807) is 20.8 Å². The summed E-state index contributed by atoms with van der Waals surface area (Å²) in [5.41, 5.74) is 2.06. The molecule has 1 N–H and O–H groups in total. The van der Waals surface area contributed by atoms with Gasteiger partial charge in [0.05, 0.1) is 0 Å². The fraction of sp³-hybridized carbons (Fsp3) is 0.286. The Balaban J connectivity index is 1.68. The van der Waals surface area contributed by atoms with Crippen LogP contribution in [0.4, 0.5) is 4.79 Å². The van der Waals surface area contributed by atoms with Crippen LogP contribution >= 0.6 is 0 Å². The molecule has 3 rings (SSSR count). The van der Waals surface area contributed by atoms with Crippen molar-refractivity contribution in [1.82, 2.24) is 5.32 Å². The van der Waals surface area contributed by atoms with Crippen LogP contribution in [0.15, 0.2) is 84.9 Å². The van der Waals surface area contributed by atoms with Gasteiger partial charge in [-0.15, -0.1) is 0 Å². The quantitative estimate of drug-likeness (QED) is 0.429. The first-order valence-electron chi connectivity index (χ1n) is 11.2. The molecule has 6 nitrogen and oxygen atoms in total. The summed E-state index contributed by atoms with van der Waals surface area (Å²) < 4.78 is 16.7. The summed E-state index contributed by atoms with van der Waals surface area (Å²) in [5, 5.41) is 2.66. The van der Waals surface area contributed by atoms with Gasteiger partial charge < -0.3 is 19.5 Å². The average molecular weight is 462 g/mol. The van der Waals surface area contributed by atoms with Gasteiger partial charge in [0.2, 0.25) is 0 Å². The molecule has 34 heavy (non-hydrogen) atoms. The first kappa shape index (κ1) is 24.8. The van der Waals surface area contributed by atoms with Crippen molar-refractivity contribution in [2.45, 2.75) is 52.0 Å². The highest BCUT2D eigenvalue weighted by molar-refractivity contribution is 5.81. The van der Waals surface area contributed by atoms with E-state index in [2.05, 4.69) is 5.32 Å². The molecule has 0 aromatic heterocycles. The number of amides is 1. The van der Waals surface area contributed by atoms with E-state index in [9.17, 15) is 9.59 Å². The Morgan fingerprint density at radius 1 is 0.794 bits per heavy atom. The maximum absolute atomic E-state index is 12.9. The monoisotopic (exact) mass is 461 g/mol. The summed E-state index contributed by atoms with van der Waals surface area (Å²) in [4.78, 5) is 25.3. The van der Waals surface area contributed by atoms with Gasteiger partial charge in [0.25, 0.3) is 0 Å². The molecule has 1 atom stereocenters. The molecule has 0 saturated heterocycles. The molecule has 0 spiro atoms. The third kappa shape index (κ3) is 8.62. The van der Waals surface area contributed by atoms with Crippen LogP contribution in [-0.4, -0.2) is 23.7 Å². The second kappa shape index (κ2) is 11.9. The molecule has 0 radical (unpaired) electrons. The Morgan fingerprint density at radius 2 is 1.38 bits per heavy atom. The van der Waals surface area contributed by atoms with Gasteiger partial charge in [-0.05, 0) is 49.6 Å². The highest BCUT2D eigenvalue weighted by atomic mass is 16.6. The number of nitrogens with one attached hydrogen (secondary N) is 1. The van der Waals surface area contributed by atoms with Crippen LogP contribution in [0.25, 0.3) is 0 Å². The highest BCUT2D eigenvalue weighted by Crippen LogP contribution is 2.17. The second-order valence-corrected chi connectivity index (χ2v) is 8.92. The number of alkyl carbamates (subject to hydrolysis) is 1. The average Bonchev–Trinajstić information content (AvgIpc) is 2.81. The van der Waals surface area contributed by atoms with Gasteiger partial charge in [-0.1, -0.05) is 72.8 Å². The summed E-state index contributed by atoms with van der Waals surface area (Å²) in [6.45, 7) is 5.85. The minimum absolute atomic E-state index is 0.117. The first-order chi connectivity index (χ1) is 16.3.